The van der Waals surface area contributed by atoms with Gasteiger partial charge < -0.3 is 10.1 Å². The van der Waals surface area contributed by atoms with Gasteiger partial charge in [-0.15, -0.1) is 0 Å². The van der Waals surface area contributed by atoms with E-state index in [9.17, 15) is 13.2 Å². The van der Waals surface area contributed by atoms with Crippen LogP contribution in [0.4, 0.5) is 5.69 Å². The lowest BCUT2D eigenvalue weighted by Crippen LogP contribution is -2.34. The number of halogens is 1. The number of benzene rings is 1. The third kappa shape index (κ3) is 5.96. The number of sulfonamides is 1. The van der Waals surface area contributed by atoms with Gasteiger partial charge in [-0.05, 0) is 37.5 Å². The van der Waals surface area contributed by atoms with E-state index in [0.29, 0.717) is 23.7 Å². The Bertz CT molecular complexity index is 660. The predicted molar refractivity (Wildman–Crippen MR) is 94.9 cm³/mol. The number of carbonyl (C=O) groups excluding carboxylic acids is 1. The summed E-state index contributed by atoms with van der Waals surface area (Å²) in [5, 5.41) is 3.30. The van der Waals surface area contributed by atoms with E-state index in [-0.39, 0.29) is 25.0 Å². The maximum Gasteiger partial charge on any atom is 0.232 e. The second-order valence-corrected chi connectivity index (χ2v) is 8.20. The lowest BCUT2D eigenvalue weighted by atomic mass is 10.2. The van der Waals surface area contributed by atoms with E-state index in [0.717, 1.165) is 25.7 Å². The molecular formula is C16H23ClN2O4S. The van der Waals surface area contributed by atoms with Crippen LogP contribution in [-0.4, -0.2) is 46.4 Å². The van der Waals surface area contributed by atoms with E-state index in [4.69, 9.17) is 16.3 Å². The molecule has 1 amide bonds. The molecule has 24 heavy (non-hydrogen) atoms. The Morgan fingerprint density at radius 3 is 2.88 bits per heavy atom. The summed E-state index contributed by atoms with van der Waals surface area (Å²) >= 11 is 5.93. The highest BCUT2D eigenvalue weighted by molar-refractivity contribution is 7.92. The number of anilines is 1. The number of rotatable bonds is 8. The lowest BCUT2D eigenvalue weighted by molar-refractivity contribution is -0.121. The zero-order valence-electron chi connectivity index (χ0n) is 13.7. The van der Waals surface area contributed by atoms with E-state index < -0.39 is 10.0 Å². The quantitative estimate of drug-likeness (QED) is 0.756. The maximum absolute atomic E-state index is 12.0. The molecule has 0 spiro atoms. The van der Waals surface area contributed by atoms with Gasteiger partial charge in [0.05, 0.1) is 18.0 Å². The third-order valence-corrected chi connectivity index (χ3v) is 5.24. The fourth-order valence-electron chi connectivity index (χ4n) is 2.62. The Balaban J connectivity index is 1.83. The number of carbonyl (C=O) groups is 1. The zero-order chi connectivity index (χ0) is 17.6. The van der Waals surface area contributed by atoms with Gasteiger partial charge in [-0.2, -0.15) is 0 Å². The first-order chi connectivity index (χ1) is 11.4. The second-order valence-electron chi connectivity index (χ2n) is 5.86. The van der Waals surface area contributed by atoms with Crippen molar-refractivity contribution in [3.8, 4) is 0 Å². The first-order valence-electron chi connectivity index (χ1n) is 7.98. The molecule has 1 aromatic rings. The van der Waals surface area contributed by atoms with E-state index in [1.807, 2.05) is 0 Å². The number of amides is 1. The normalized spacial score (nSPS) is 17.7. The molecule has 1 N–H and O–H groups in total. The summed E-state index contributed by atoms with van der Waals surface area (Å²) < 4.78 is 30.7. The molecule has 0 aromatic heterocycles. The summed E-state index contributed by atoms with van der Waals surface area (Å²) in [6.07, 6.45) is 3.94. The van der Waals surface area contributed by atoms with Crippen LogP contribution in [0.5, 0.6) is 0 Å². The molecule has 1 aliphatic rings. The molecule has 1 aliphatic heterocycles. The van der Waals surface area contributed by atoms with E-state index in [2.05, 4.69) is 5.32 Å². The van der Waals surface area contributed by atoms with Crippen molar-refractivity contribution in [2.75, 3.05) is 30.3 Å². The van der Waals surface area contributed by atoms with Crippen LogP contribution in [0.2, 0.25) is 5.02 Å². The predicted octanol–water partition coefficient (Wildman–Crippen LogP) is 2.18. The van der Waals surface area contributed by atoms with Crippen LogP contribution in [0.3, 0.4) is 0 Å². The summed E-state index contributed by atoms with van der Waals surface area (Å²) in [6.45, 7) is 1.50. The van der Waals surface area contributed by atoms with Crippen LogP contribution in [0.25, 0.3) is 0 Å². The number of hydrogen-bond donors (Lipinski definition) is 1. The van der Waals surface area contributed by atoms with Crippen molar-refractivity contribution in [3.63, 3.8) is 0 Å². The molecule has 134 valence electrons. The van der Waals surface area contributed by atoms with Crippen molar-refractivity contribution < 1.29 is 17.9 Å². The Morgan fingerprint density at radius 1 is 1.46 bits per heavy atom. The van der Waals surface area contributed by atoms with Crippen LogP contribution in [0.1, 0.15) is 25.7 Å². The number of nitrogens with zero attached hydrogens (tertiary/aromatic N) is 1. The Morgan fingerprint density at radius 2 is 2.25 bits per heavy atom. The smallest absolute Gasteiger partial charge is 0.232 e. The van der Waals surface area contributed by atoms with Gasteiger partial charge in [-0.1, -0.05) is 17.7 Å². The molecule has 1 saturated heterocycles. The monoisotopic (exact) mass is 374 g/mol. The minimum atomic E-state index is -3.44. The standard InChI is InChI=1S/C16H23ClN2O4S/c1-24(21,22)19(14-6-2-5-13(17)11-14)9-3-8-16(20)18-12-15-7-4-10-23-15/h2,5-6,11,15H,3-4,7-10,12H2,1H3,(H,18,20). The highest BCUT2D eigenvalue weighted by Gasteiger charge is 2.19. The van der Waals surface area contributed by atoms with Crippen LogP contribution in [-0.2, 0) is 19.6 Å². The molecule has 8 heteroatoms. The number of hydrogen-bond acceptors (Lipinski definition) is 4. The van der Waals surface area contributed by atoms with Gasteiger partial charge in [0.25, 0.3) is 0 Å². The van der Waals surface area contributed by atoms with Gasteiger partial charge in [-0.25, -0.2) is 8.42 Å². The summed E-state index contributed by atoms with van der Waals surface area (Å²) in [7, 11) is -3.44. The van der Waals surface area contributed by atoms with Crippen molar-refractivity contribution in [1.82, 2.24) is 5.32 Å². The molecule has 0 radical (unpaired) electrons. The largest absolute Gasteiger partial charge is 0.376 e. The molecule has 1 fully saturated rings. The average Bonchev–Trinajstić information content (AvgIpc) is 3.01. The van der Waals surface area contributed by atoms with Gasteiger partial charge in [0.15, 0.2) is 0 Å². The summed E-state index contributed by atoms with van der Waals surface area (Å²) in [6, 6.07) is 6.67. The average molecular weight is 375 g/mol. The molecule has 1 aromatic carbocycles. The van der Waals surface area contributed by atoms with Gasteiger partial charge in [0, 0.05) is 31.1 Å². The fourth-order valence-corrected chi connectivity index (χ4v) is 3.76. The van der Waals surface area contributed by atoms with Gasteiger partial charge in [0.1, 0.15) is 0 Å². The molecule has 0 bridgehead atoms. The minimum Gasteiger partial charge on any atom is -0.376 e. The topological polar surface area (TPSA) is 75.7 Å². The molecule has 1 atom stereocenters. The minimum absolute atomic E-state index is 0.0926. The highest BCUT2D eigenvalue weighted by Crippen LogP contribution is 2.22. The maximum atomic E-state index is 12.0. The molecular weight excluding hydrogens is 352 g/mol. The van der Waals surface area contributed by atoms with Crippen molar-refractivity contribution in [1.29, 1.82) is 0 Å². The summed E-state index contributed by atoms with van der Waals surface area (Å²) in [5.41, 5.74) is 0.504. The summed E-state index contributed by atoms with van der Waals surface area (Å²) in [4.78, 5) is 11.9. The van der Waals surface area contributed by atoms with Crippen molar-refractivity contribution >= 4 is 33.2 Å². The van der Waals surface area contributed by atoms with Crippen molar-refractivity contribution in [2.45, 2.75) is 31.8 Å². The van der Waals surface area contributed by atoms with Crippen LogP contribution >= 0.6 is 11.6 Å². The second kappa shape index (κ2) is 8.69. The highest BCUT2D eigenvalue weighted by atomic mass is 35.5. The van der Waals surface area contributed by atoms with Crippen LogP contribution < -0.4 is 9.62 Å². The molecule has 2 rings (SSSR count). The Labute approximate surface area is 148 Å². The van der Waals surface area contributed by atoms with E-state index in [1.54, 1.807) is 24.3 Å². The molecule has 6 nitrogen and oxygen atoms in total. The van der Waals surface area contributed by atoms with Gasteiger partial charge in [-0.3, -0.25) is 9.10 Å². The van der Waals surface area contributed by atoms with Gasteiger partial charge in [0.2, 0.25) is 15.9 Å². The van der Waals surface area contributed by atoms with E-state index >= 15 is 0 Å². The van der Waals surface area contributed by atoms with Crippen LogP contribution in [0.15, 0.2) is 24.3 Å². The Kier molecular flexibility index (Phi) is 6.89. The van der Waals surface area contributed by atoms with E-state index in [1.165, 1.54) is 4.31 Å². The van der Waals surface area contributed by atoms with Crippen molar-refractivity contribution in [2.24, 2.45) is 0 Å². The lowest BCUT2D eigenvalue weighted by Gasteiger charge is -2.22. The third-order valence-electron chi connectivity index (χ3n) is 3.81. The van der Waals surface area contributed by atoms with Gasteiger partial charge >= 0.3 is 0 Å². The van der Waals surface area contributed by atoms with Crippen molar-refractivity contribution in [3.05, 3.63) is 29.3 Å². The molecule has 0 aliphatic carbocycles. The fraction of sp³-hybridized carbons (Fsp3) is 0.562. The molecule has 0 saturated carbocycles. The Hall–Kier alpha value is -1.31. The zero-order valence-corrected chi connectivity index (χ0v) is 15.3. The number of ether oxygens (including phenoxy) is 1. The van der Waals surface area contributed by atoms with Crippen LogP contribution in [0, 0.1) is 0 Å². The first kappa shape index (κ1) is 19.0. The number of nitrogens with one attached hydrogen (secondary N) is 1. The SMILES string of the molecule is CS(=O)(=O)N(CCCC(=O)NCC1CCCO1)c1cccc(Cl)c1. The molecule has 1 heterocycles. The molecule has 1 unspecified atom stereocenters. The first-order valence-corrected chi connectivity index (χ1v) is 10.2. The summed E-state index contributed by atoms with van der Waals surface area (Å²) in [5.74, 6) is -0.0926.